The van der Waals surface area contributed by atoms with Crippen molar-refractivity contribution in [1.29, 1.82) is 0 Å². The fourth-order valence-corrected chi connectivity index (χ4v) is 5.97. The van der Waals surface area contributed by atoms with Crippen molar-refractivity contribution in [2.75, 3.05) is 19.8 Å². The summed E-state index contributed by atoms with van der Waals surface area (Å²) < 4.78 is 2.50. The van der Waals surface area contributed by atoms with Gasteiger partial charge in [0.2, 0.25) is 15.2 Å². The van der Waals surface area contributed by atoms with Gasteiger partial charge >= 0.3 is 5.97 Å². The van der Waals surface area contributed by atoms with Gasteiger partial charge in [0.15, 0.2) is 34.9 Å². The molecule has 4 aromatic rings. The number of halogens is 12. The van der Waals surface area contributed by atoms with Crippen LogP contribution >= 0.6 is 139 Å². The lowest BCUT2D eigenvalue weighted by molar-refractivity contribution is -0.145. The Morgan fingerprint density at radius 1 is 0.600 bits per heavy atom. The first-order valence-corrected chi connectivity index (χ1v) is 18.5. The first kappa shape index (κ1) is 40.6. The lowest BCUT2D eigenvalue weighted by atomic mass is 9.91. The van der Waals surface area contributed by atoms with Crippen molar-refractivity contribution in [1.82, 2.24) is 29.9 Å². The second-order valence-corrected chi connectivity index (χ2v) is 19.5. The number of rotatable bonds is 8. The van der Waals surface area contributed by atoms with Crippen LogP contribution in [0.3, 0.4) is 0 Å². The summed E-state index contributed by atoms with van der Waals surface area (Å²) in [4.78, 5) is 38.6. The first-order valence-electron chi connectivity index (χ1n) is 14.0. The maximum atomic E-state index is 13.2. The standard InChI is InChI=1S/C29H18Cl12N6O3/c1-2-49-7-8-50-19(48)11-18-16-9-12(20-42-22(26(30,31)32)46-23(43-20)27(33,34)35)3-5-14(16)15-6-4-13(10-17(15)18)21-44-24(28(36,37)38)47-25(45-21)29(39,40)41/h3-6,9-10,18H,2,7-8,11H2,1H3. The lowest BCUT2D eigenvalue weighted by Crippen LogP contribution is -2.17. The van der Waals surface area contributed by atoms with E-state index in [1.807, 2.05) is 19.1 Å². The van der Waals surface area contributed by atoms with Crippen molar-refractivity contribution in [2.45, 2.75) is 34.4 Å². The highest BCUT2D eigenvalue weighted by atomic mass is 35.6. The van der Waals surface area contributed by atoms with E-state index in [9.17, 15) is 4.79 Å². The van der Waals surface area contributed by atoms with Gasteiger partial charge in [-0.2, -0.15) is 0 Å². The van der Waals surface area contributed by atoms with Gasteiger partial charge in [0.25, 0.3) is 0 Å². The molecule has 9 nitrogen and oxygen atoms in total. The van der Waals surface area contributed by atoms with Crippen LogP contribution in [0, 0.1) is 0 Å². The number of hydrogen-bond acceptors (Lipinski definition) is 9. The molecular weight excluding hydrogens is 906 g/mol. The van der Waals surface area contributed by atoms with Crippen molar-refractivity contribution < 1.29 is 14.3 Å². The van der Waals surface area contributed by atoms with Crippen LogP contribution < -0.4 is 0 Å². The van der Waals surface area contributed by atoms with E-state index in [4.69, 9.17) is 149 Å². The van der Waals surface area contributed by atoms with E-state index in [1.165, 1.54) is 0 Å². The van der Waals surface area contributed by atoms with Gasteiger partial charge in [-0.3, -0.25) is 4.79 Å². The number of fused-ring (bicyclic) bond motifs is 3. The molecular formula is C29H18Cl12N6O3. The number of aromatic nitrogens is 6. The van der Waals surface area contributed by atoms with Crippen LogP contribution in [0.15, 0.2) is 36.4 Å². The Morgan fingerprint density at radius 2 is 0.980 bits per heavy atom. The molecule has 0 bridgehead atoms. The quantitative estimate of drug-likeness (QED) is 0.0968. The summed E-state index contributed by atoms with van der Waals surface area (Å²) in [5.74, 6) is -2.03. The minimum atomic E-state index is -2.07. The molecule has 2 aromatic heterocycles. The highest BCUT2D eigenvalue weighted by Gasteiger charge is 2.37. The van der Waals surface area contributed by atoms with E-state index in [1.54, 1.807) is 24.3 Å². The van der Waals surface area contributed by atoms with E-state index < -0.39 is 27.1 Å². The monoisotopic (exact) mass is 918 g/mol. The molecule has 2 heterocycles. The fourth-order valence-electron chi connectivity index (χ4n) is 4.96. The van der Waals surface area contributed by atoms with Gasteiger partial charge < -0.3 is 9.47 Å². The summed E-state index contributed by atoms with van der Waals surface area (Å²) in [6.45, 7) is 2.61. The van der Waals surface area contributed by atoms with Crippen LogP contribution in [0.2, 0.25) is 0 Å². The molecule has 0 spiro atoms. The molecule has 1 aliphatic rings. The average Bonchev–Trinajstić information content (AvgIpc) is 3.32. The largest absolute Gasteiger partial charge is 0.463 e. The molecule has 0 saturated heterocycles. The Balaban J connectivity index is 1.64. The summed E-state index contributed by atoms with van der Waals surface area (Å²) in [5, 5.41) is 0. The highest BCUT2D eigenvalue weighted by Crippen LogP contribution is 2.49. The predicted molar refractivity (Wildman–Crippen MR) is 200 cm³/mol. The fraction of sp³-hybridized carbons (Fsp3) is 0.345. The molecule has 0 fully saturated rings. The number of esters is 1. The van der Waals surface area contributed by atoms with Gasteiger partial charge in [-0.05, 0) is 41.3 Å². The maximum absolute atomic E-state index is 13.2. The van der Waals surface area contributed by atoms with E-state index in [0.717, 1.165) is 11.1 Å². The van der Waals surface area contributed by atoms with Crippen molar-refractivity contribution in [3.05, 3.63) is 70.8 Å². The molecule has 2 aromatic carbocycles. The van der Waals surface area contributed by atoms with Crippen molar-refractivity contribution in [3.63, 3.8) is 0 Å². The van der Waals surface area contributed by atoms with Gasteiger partial charge in [-0.15, -0.1) is 0 Å². The summed E-state index contributed by atoms with van der Waals surface area (Å²) in [5.41, 5.74) is 3.89. The Hall–Kier alpha value is -0.630. The third kappa shape index (κ3) is 9.53. The number of hydrogen-bond donors (Lipinski definition) is 0. The number of carbonyl (C=O) groups is 1. The smallest absolute Gasteiger partial charge is 0.306 e. The molecule has 1 aliphatic carbocycles. The van der Waals surface area contributed by atoms with Gasteiger partial charge in [-0.25, -0.2) is 29.9 Å². The zero-order chi connectivity index (χ0) is 36.8. The summed E-state index contributed by atoms with van der Waals surface area (Å²) in [7, 11) is 0. The van der Waals surface area contributed by atoms with Crippen LogP contribution in [0.25, 0.3) is 33.9 Å². The van der Waals surface area contributed by atoms with Crippen LogP contribution in [0.1, 0.15) is 53.7 Å². The number of nitrogens with zero attached hydrogens (tertiary/aromatic N) is 6. The summed E-state index contributed by atoms with van der Waals surface area (Å²) >= 11 is 73.2. The summed E-state index contributed by atoms with van der Waals surface area (Å²) in [6, 6.07) is 10.6. The second-order valence-electron chi connectivity index (χ2n) is 10.4. The molecule has 21 heteroatoms. The predicted octanol–water partition coefficient (Wildman–Crippen LogP) is 10.8. The second kappa shape index (κ2) is 15.6. The molecule has 0 unspecified atom stereocenters. The van der Waals surface area contributed by atoms with E-state index in [-0.39, 0.29) is 54.6 Å². The molecule has 0 N–H and O–H groups in total. The third-order valence-corrected chi connectivity index (χ3v) is 9.04. The van der Waals surface area contributed by atoms with Gasteiger partial charge in [0, 0.05) is 23.7 Å². The molecule has 0 saturated carbocycles. The van der Waals surface area contributed by atoms with Crippen LogP contribution in [-0.4, -0.2) is 55.7 Å². The summed E-state index contributed by atoms with van der Waals surface area (Å²) in [6.07, 6.45) is -0.0783. The number of carbonyl (C=O) groups excluding carboxylic acids is 1. The Bertz CT molecular complexity index is 1740. The Morgan fingerprint density at radius 3 is 1.32 bits per heavy atom. The Labute approximate surface area is 345 Å². The number of alkyl halides is 12. The lowest BCUT2D eigenvalue weighted by Gasteiger charge is -2.17. The minimum Gasteiger partial charge on any atom is -0.463 e. The normalized spacial score (nSPS) is 13.7. The van der Waals surface area contributed by atoms with Gasteiger partial charge in [0.05, 0.1) is 13.0 Å². The van der Waals surface area contributed by atoms with Crippen molar-refractivity contribution in [2.24, 2.45) is 0 Å². The number of benzene rings is 2. The molecule has 0 radical (unpaired) electrons. The van der Waals surface area contributed by atoms with Crippen LogP contribution in [0.4, 0.5) is 0 Å². The van der Waals surface area contributed by atoms with E-state index in [2.05, 4.69) is 29.9 Å². The average molecular weight is 924 g/mol. The van der Waals surface area contributed by atoms with Crippen LogP contribution in [-0.2, 0) is 29.4 Å². The number of ether oxygens (including phenoxy) is 2. The van der Waals surface area contributed by atoms with Gasteiger partial charge in [-0.1, -0.05) is 163 Å². The zero-order valence-electron chi connectivity index (χ0n) is 24.8. The van der Waals surface area contributed by atoms with Crippen LogP contribution in [0.5, 0.6) is 0 Å². The third-order valence-electron chi connectivity index (χ3n) is 7.01. The van der Waals surface area contributed by atoms with Gasteiger partial charge in [0.1, 0.15) is 6.61 Å². The van der Waals surface area contributed by atoms with Crippen molar-refractivity contribution >= 4 is 145 Å². The van der Waals surface area contributed by atoms with E-state index >= 15 is 0 Å². The van der Waals surface area contributed by atoms with Crippen molar-refractivity contribution in [3.8, 4) is 33.9 Å². The maximum Gasteiger partial charge on any atom is 0.306 e. The Kier molecular flexibility index (Phi) is 12.7. The molecule has 5 rings (SSSR count). The molecule has 0 amide bonds. The topological polar surface area (TPSA) is 113 Å². The molecule has 266 valence electrons. The molecule has 0 aliphatic heterocycles. The minimum absolute atomic E-state index is 0.0452. The SMILES string of the molecule is CCOCCOC(=O)CC1c2cc(-c3nc(C(Cl)(Cl)Cl)nc(C(Cl)(Cl)Cl)n3)ccc2-c2ccc(-c3nc(C(Cl)(Cl)Cl)nc(C(Cl)(Cl)Cl)n3)cc21. The highest BCUT2D eigenvalue weighted by molar-refractivity contribution is 6.68. The first-order chi connectivity index (χ1) is 23.2. The van der Waals surface area contributed by atoms with E-state index in [0.29, 0.717) is 28.9 Å². The molecule has 50 heavy (non-hydrogen) atoms. The molecule has 0 atom stereocenters. The zero-order valence-corrected chi connectivity index (χ0v) is 33.9.